The molecule has 1 fully saturated rings. The third-order valence-electron chi connectivity index (χ3n) is 3.29. The van der Waals surface area contributed by atoms with E-state index in [2.05, 4.69) is 26.0 Å². The van der Waals surface area contributed by atoms with Gasteiger partial charge in [-0.1, -0.05) is 22.0 Å². The molecular formula is C13H12BrF2N3O2. The van der Waals surface area contributed by atoms with E-state index in [1.54, 1.807) is 0 Å². The van der Waals surface area contributed by atoms with Crippen LogP contribution in [0.15, 0.2) is 30.9 Å². The topological polar surface area (TPSA) is 49.2 Å². The van der Waals surface area contributed by atoms with Crippen LogP contribution in [0.4, 0.5) is 8.78 Å². The maximum Gasteiger partial charge on any atom is 0.168 e. The Labute approximate surface area is 128 Å². The summed E-state index contributed by atoms with van der Waals surface area (Å²) in [5.74, 6) is -1.31. The second-order valence-corrected chi connectivity index (χ2v) is 5.37. The van der Waals surface area contributed by atoms with Gasteiger partial charge < -0.3 is 9.47 Å². The van der Waals surface area contributed by atoms with E-state index in [1.165, 1.54) is 29.5 Å². The first kappa shape index (κ1) is 14.6. The van der Waals surface area contributed by atoms with E-state index >= 15 is 0 Å². The first-order chi connectivity index (χ1) is 10.1. The first-order valence-electron chi connectivity index (χ1n) is 6.26. The lowest BCUT2D eigenvalue weighted by molar-refractivity contribution is -0.0842. The largest absolute Gasteiger partial charge is 0.348 e. The summed E-state index contributed by atoms with van der Waals surface area (Å²) in [5.41, 5.74) is -0.827. The number of hydrogen-bond donors (Lipinski definition) is 0. The van der Waals surface area contributed by atoms with Crippen LogP contribution < -0.4 is 0 Å². The molecule has 1 aromatic heterocycles. The van der Waals surface area contributed by atoms with Crippen molar-refractivity contribution < 1.29 is 18.3 Å². The number of alkyl halides is 1. The molecule has 2 aromatic rings. The number of ether oxygens (including phenoxy) is 2. The monoisotopic (exact) mass is 359 g/mol. The summed E-state index contributed by atoms with van der Waals surface area (Å²) in [6, 6.07) is 3.41. The molecule has 112 valence electrons. The van der Waals surface area contributed by atoms with Gasteiger partial charge in [0.1, 0.15) is 29.9 Å². The maximum absolute atomic E-state index is 14.2. The predicted octanol–water partition coefficient (Wildman–Crippen LogP) is 2.22. The molecular weight excluding hydrogens is 348 g/mol. The number of hydrogen-bond acceptors (Lipinski definition) is 4. The lowest BCUT2D eigenvalue weighted by Gasteiger charge is -2.28. The molecule has 1 aliphatic heterocycles. The molecule has 5 nitrogen and oxygen atoms in total. The van der Waals surface area contributed by atoms with Crippen LogP contribution in [0.25, 0.3) is 0 Å². The predicted molar refractivity (Wildman–Crippen MR) is 72.7 cm³/mol. The Hall–Kier alpha value is -1.38. The van der Waals surface area contributed by atoms with E-state index in [-0.39, 0.29) is 18.7 Å². The molecule has 8 heteroatoms. The van der Waals surface area contributed by atoms with Gasteiger partial charge in [0.2, 0.25) is 0 Å². The summed E-state index contributed by atoms with van der Waals surface area (Å²) in [6.07, 6.45) is 2.39. The van der Waals surface area contributed by atoms with Crippen LogP contribution in [0.3, 0.4) is 0 Å². The van der Waals surface area contributed by atoms with E-state index in [0.717, 1.165) is 6.07 Å². The van der Waals surface area contributed by atoms with Crippen molar-refractivity contribution in [2.45, 2.75) is 18.4 Å². The normalized spacial score (nSPS) is 25.4. The Kier molecular flexibility index (Phi) is 4.01. The third-order valence-corrected chi connectivity index (χ3v) is 3.82. The van der Waals surface area contributed by atoms with Crippen molar-refractivity contribution >= 4 is 15.9 Å². The summed E-state index contributed by atoms with van der Waals surface area (Å²) in [5, 5.41) is 4.46. The molecule has 0 unspecified atom stereocenters. The minimum atomic E-state index is -1.07. The molecule has 0 aliphatic carbocycles. The SMILES string of the molecule is Fc1ccc([C@@]2(Cn3cncn3)CO[C@H](CBr)O2)c(F)c1. The standard InChI is InChI=1S/C13H12BrF2N3O2/c14-4-12-20-6-13(21-12,5-19-8-17-7-18-19)10-2-1-9(15)3-11(10)16/h1-3,7-8,12H,4-6H2/t12-,13+/m0/s1. The smallest absolute Gasteiger partial charge is 0.168 e. The van der Waals surface area contributed by atoms with Gasteiger partial charge in [-0.15, -0.1) is 0 Å². The average Bonchev–Trinajstić information content (AvgIpc) is 3.09. The maximum atomic E-state index is 14.2. The van der Waals surface area contributed by atoms with E-state index in [9.17, 15) is 8.78 Å². The van der Waals surface area contributed by atoms with Crippen LogP contribution in [0.5, 0.6) is 0 Å². The summed E-state index contributed by atoms with van der Waals surface area (Å²) >= 11 is 3.27. The molecule has 0 bridgehead atoms. The molecule has 21 heavy (non-hydrogen) atoms. The van der Waals surface area contributed by atoms with E-state index in [0.29, 0.717) is 5.33 Å². The Morgan fingerprint density at radius 3 is 2.90 bits per heavy atom. The third kappa shape index (κ3) is 2.83. The van der Waals surface area contributed by atoms with Crippen LogP contribution in [0, 0.1) is 11.6 Å². The summed E-state index contributed by atoms with van der Waals surface area (Å²) < 4.78 is 40.2. The van der Waals surface area contributed by atoms with Gasteiger partial charge in [-0.05, 0) is 6.07 Å². The van der Waals surface area contributed by atoms with Crippen molar-refractivity contribution in [3.8, 4) is 0 Å². The highest BCUT2D eigenvalue weighted by molar-refractivity contribution is 9.09. The molecule has 2 heterocycles. The highest BCUT2D eigenvalue weighted by Gasteiger charge is 2.45. The van der Waals surface area contributed by atoms with Crippen molar-refractivity contribution in [2.24, 2.45) is 0 Å². The van der Waals surface area contributed by atoms with Crippen molar-refractivity contribution in [2.75, 3.05) is 11.9 Å². The van der Waals surface area contributed by atoms with E-state index in [4.69, 9.17) is 9.47 Å². The van der Waals surface area contributed by atoms with Crippen LogP contribution in [0.1, 0.15) is 5.56 Å². The molecule has 0 radical (unpaired) electrons. The van der Waals surface area contributed by atoms with Gasteiger partial charge in [-0.2, -0.15) is 5.10 Å². The Balaban J connectivity index is 1.99. The van der Waals surface area contributed by atoms with Gasteiger partial charge in [0, 0.05) is 11.6 Å². The molecule has 0 spiro atoms. The second kappa shape index (κ2) is 5.78. The van der Waals surface area contributed by atoms with Gasteiger partial charge in [-0.25, -0.2) is 18.4 Å². The van der Waals surface area contributed by atoms with Gasteiger partial charge in [0.25, 0.3) is 0 Å². The van der Waals surface area contributed by atoms with Crippen molar-refractivity contribution in [3.05, 3.63) is 48.1 Å². The fourth-order valence-corrected chi connectivity index (χ4v) is 2.69. The van der Waals surface area contributed by atoms with Gasteiger partial charge >= 0.3 is 0 Å². The number of nitrogens with zero attached hydrogens (tertiary/aromatic N) is 3. The zero-order valence-electron chi connectivity index (χ0n) is 10.9. The summed E-state index contributed by atoms with van der Waals surface area (Å²) in [4.78, 5) is 3.86. The minimum Gasteiger partial charge on any atom is -0.348 e. The molecule has 1 saturated heterocycles. The molecule has 1 aromatic carbocycles. The van der Waals surface area contributed by atoms with Crippen LogP contribution >= 0.6 is 15.9 Å². The van der Waals surface area contributed by atoms with Crippen LogP contribution in [-0.4, -0.2) is 33.0 Å². The van der Waals surface area contributed by atoms with E-state index in [1.807, 2.05) is 0 Å². The van der Waals surface area contributed by atoms with Gasteiger partial charge in [-0.3, -0.25) is 0 Å². The highest BCUT2D eigenvalue weighted by atomic mass is 79.9. The second-order valence-electron chi connectivity index (χ2n) is 4.72. The highest BCUT2D eigenvalue weighted by Crippen LogP contribution is 2.37. The number of halogens is 3. The molecule has 0 N–H and O–H groups in total. The molecule has 1 aliphatic rings. The summed E-state index contributed by atoms with van der Waals surface area (Å²) in [7, 11) is 0. The van der Waals surface area contributed by atoms with Crippen LogP contribution in [-0.2, 0) is 21.6 Å². The molecule has 3 rings (SSSR count). The fraction of sp³-hybridized carbons (Fsp3) is 0.385. The van der Waals surface area contributed by atoms with Crippen molar-refractivity contribution in [1.29, 1.82) is 0 Å². The lowest BCUT2D eigenvalue weighted by Crippen LogP contribution is -2.36. The lowest BCUT2D eigenvalue weighted by atomic mass is 9.94. The fourth-order valence-electron chi connectivity index (χ4n) is 2.37. The zero-order valence-corrected chi connectivity index (χ0v) is 12.5. The quantitative estimate of drug-likeness (QED) is 0.785. The number of benzene rings is 1. The Morgan fingerprint density at radius 1 is 1.43 bits per heavy atom. The number of rotatable bonds is 4. The molecule has 0 saturated carbocycles. The Morgan fingerprint density at radius 2 is 2.29 bits per heavy atom. The van der Waals surface area contributed by atoms with E-state index < -0.39 is 23.5 Å². The summed E-state index contributed by atoms with van der Waals surface area (Å²) in [6.45, 7) is 0.366. The first-order valence-corrected chi connectivity index (χ1v) is 7.38. The van der Waals surface area contributed by atoms with Crippen LogP contribution in [0.2, 0.25) is 0 Å². The number of aromatic nitrogens is 3. The Bertz CT molecular complexity index is 626. The molecule has 2 atom stereocenters. The van der Waals surface area contributed by atoms with Crippen molar-refractivity contribution in [3.63, 3.8) is 0 Å². The van der Waals surface area contributed by atoms with Gasteiger partial charge in [0.15, 0.2) is 6.29 Å². The average molecular weight is 360 g/mol. The van der Waals surface area contributed by atoms with Crippen molar-refractivity contribution in [1.82, 2.24) is 14.8 Å². The zero-order chi connectivity index (χ0) is 14.9. The minimum absolute atomic E-state index is 0.145. The molecule has 0 amide bonds. The van der Waals surface area contributed by atoms with Gasteiger partial charge in [0.05, 0.1) is 18.5 Å².